The van der Waals surface area contributed by atoms with Crippen LogP contribution in [-0.4, -0.2) is 69.9 Å². The summed E-state index contributed by atoms with van der Waals surface area (Å²) < 4.78 is 2.82. The molecule has 0 unspecified atom stereocenters. The van der Waals surface area contributed by atoms with E-state index in [2.05, 4.69) is 58.8 Å². The number of rotatable bonds is 10. The zero-order chi connectivity index (χ0) is 31.0. The molecule has 5 aromatic rings. The van der Waals surface area contributed by atoms with Crippen LogP contribution in [-0.2, 0) is 13.5 Å². The van der Waals surface area contributed by atoms with Crippen molar-refractivity contribution in [2.24, 2.45) is 13.0 Å². The molecule has 1 fully saturated rings. The number of benzene rings is 1. The second kappa shape index (κ2) is 12.6. The molecule has 0 aliphatic heterocycles. The molecule has 6 rings (SSSR count). The zero-order valence-electron chi connectivity index (χ0n) is 25.3. The van der Waals surface area contributed by atoms with E-state index < -0.39 is 24.2 Å². The maximum absolute atomic E-state index is 10.8. The van der Waals surface area contributed by atoms with E-state index in [4.69, 9.17) is 15.0 Å². The van der Waals surface area contributed by atoms with Crippen molar-refractivity contribution in [3.63, 3.8) is 0 Å². The van der Waals surface area contributed by atoms with Gasteiger partial charge in [0.1, 0.15) is 22.4 Å². The van der Waals surface area contributed by atoms with Crippen LogP contribution in [0.5, 0.6) is 0 Å². The molecular weight excluding hydrogens is 576 g/mol. The fraction of sp³-hybridized carbons (Fsp3) is 0.406. The third-order valence-corrected chi connectivity index (χ3v) is 9.36. The van der Waals surface area contributed by atoms with Gasteiger partial charge < -0.3 is 26.0 Å². The second-order valence-electron chi connectivity index (χ2n) is 11.5. The van der Waals surface area contributed by atoms with Gasteiger partial charge in [0.05, 0.1) is 46.0 Å². The number of nitrogens with one attached hydrogen (secondary N) is 2. The Kier molecular flexibility index (Phi) is 8.59. The highest BCUT2D eigenvalue weighted by molar-refractivity contribution is 7.21. The molecule has 0 bridgehead atoms. The van der Waals surface area contributed by atoms with Gasteiger partial charge in [0.2, 0.25) is 5.95 Å². The van der Waals surface area contributed by atoms with E-state index >= 15 is 0 Å². The molecule has 12 heteroatoms. The number of pyridine rings is 1. The molecule has 0 amide bonds. The maximum atomic E-state index is 10.8. The first kappa shape index (κ1) is 30.1. The van der Waals surface area contributed by atoms with Gasteiger partial charge in [0.15, 0.2) is 0 Å². The van der Waals surface area contributed by atoms with Crippen LogP contribution in [0.2, 0.25) is 0 Å². The van der Waals surface area contributed by atoms with E-state index in [1.54, 1.807) is 16.0 Å². The van der Waals surface area contributed by atoms with Crippen molar-refractivity contribution >= 4 is 33.3 Å². The fourth-order valence-corrected chi connectivity index (χ4v) is 6.95. The number of aliphatic hydroxyl groups is 3. The summed E-state index contributed by atoms with van der Waals surface area (Å²) in [7, 11) is 1.90. The van der Waals surface area contributed by atoms with Gasteiger partial charge in [-0.05, 0) is 43.9 Å². The van der Waals surface area contributed by atoms with Crippen molar-refractivity contribution in [2.45, 2.75) is 64.3 Å². The number of aryl methyl sites for hydroxylation is 3. The van der Waals surface area contributed by atoms with Crippen molar-refractivity contribution < 1.29 is 15.3 Å². The SMILES string of the molecule is CCCc1nccc2sc(-c3c(C)nc(N[C@H](C)c4ccc(-c5cnn(C)c5)cc4)nc3N[C@@H]3C[C@H](CO)[C@@H](O)[C@H]3O)nc12. The maximum Gasteiger partial charge on any atom is 0.225 e. The average Bonchev–Trinajstić information content (AvgIpc) is 3.71. The molecule has 4 aromatic heterocycles. The average molecular weight is 615 g/mol. The molecule has 5 atom stereocenters. The van der Waals surface area contributed by atoms with E-state index in [-0.39, 0.29) is 12.6 Å². The van der Waals surface area contributed by atoms with Gasteiger partial charge in [-0.3, -0.25) is 9.67 Å². The van der Waals surface area contributed by atoms with Crippen LogP contribution >= 0.6 is 11.3 Å². The van der Waals surface area contributed by atoms with Gasteiger partial charge in [-0.25, -0.2) is 9.97 Å². The summed E-state index contributed by atoms with van der Waals surface area (Å²) in [5, 5.41) is 42.9. The van der Waals surface area contributed by atoms with Crippen molar-refractivity contribution in [1.29, 1.82) is 0 Å². The number of anilines is 2. The number of aliphatic hydroxyl groups excluding tert-OH is 3. The van der Waals surface area contributed by atoms with Crippen molar-refractivity contribution in [1.82, 2.24) is 29.7 Å². The van der Waals surface area contributed by atoms with Crippen LogP contribution in [0.4, 0.5) is 11.8 Å². The molecule has 11 nitrogen and oxygen atoms in total. The van der Waals surface area contributed by atoms with Gasteiger partial charge in [-0.2, -0.15) is 10.1 Å². The predicted molar refractivity (Wildman–Crippen MR) is 172 cm³/mol. The van der Waals surface area contributed by atoms with Gasteiger partial charge in [0, 0.05) is 37.5 Å². The van der Waals surface area contributed by atoms with Gasteiger partial charge in [0.25, 0.3) is 0 Å². The van der Waals surface area contributed by atoms with Gasteiger partial charge >= 0.3 is 0 Å². The summed E-state index contributed by atoms with van der Waals surface area (Å²) in [6.45, 7) is 5.89. The highest BCUT2D eigenvalue weighted by atomic mass is 32.1. The lowest BCUT2D eigenvalue weighted by Crippen LogP contribution is -2.35. The Labute approximate surface area is 260 Å². The minimum absolute atomic E-state index is 0.0983. The monoisotopic (exact) mass is 614 g/mol. The van der Waals surface area contributed by atoms with Gasteiger partial charge in [-0.1, -0.05) is 37.6 Å². The third kappa shape index (κ3) is 5.90. The Morgan fingerprint density at radius 2 is 1.86 bits per heavy atom. The Morgan fingerprint density at radius 1 is 1.07 bits per heavy atom. The molecule has 5 N–H and O–H groups in total. The largest absolute Gasteiger partial charge is 0.396 e. The summed E-state index contributed by atoms with van der Waals surface area (Å²) in [6.07, 6.45) is 5.76. The summed E-state index contributed by atoms with van der Waals surface area (Å²) in [4.78, 5) is 19.3. The second-order valence-corrected chi connectivity index (χ2v) is 12.6. The Hall–Kier alpha value is -3.97. The number of hydrogen-bond acceptors (Lipinski definition) is 11. The van der Waals surface area contributed by atoms with Crippen LogP contribution in [0, 0.1) is 12.8 Å². The van der Waals surface area contributed by atoms with Crippen molar-refractivity contribution in [2.75, 3.05) is 17.2 Å². The first-order valence-electron chi connectivity index (χ1n) is 15.0. The first-order chi connectivity index (χ1) is 21.2. The standard InChI is InChI=1S/C32H38N8O3S/c1-5-6-23-27-25(11-12-33-23)44-31(38-27)26-18(3)36-32(39-30(26)37-24-13-21(16-41)28(42)29(24)43)35-17(2)19-7-9-20(10-8-19)22-14-34-40(4)15-22/h7-12,14-15,17,21,24,28-29,41-43H,5-6,13,16H2,1-4H3,(H2,35,36,37,39)/t17-,21-,24-,28-,29+/m1/s1. The molecule has 4 heterocycles. The summed E-state index contributed by atoms with van der Waals surface area (Å²) in [5.74, 6) is 0.517. The van der Waals surface area contributed by atoms with Crippen LogP contribution < -0.4 is 10.6 Å². The normalized spacial score (nSPS) is 20.7. The molecule has 230 valence electrons. The first-order valence-corrected chi connectivity index (χ1v) is 15.8. The van der Waals surface area contributed by atoms with Crippen molar-refractivity contribution in [3.8, 4) is 21.7 Å². The highest BCUT2D eigenvalue weighted by Gasteiger charge is 2.41. The molecule has 1 aliphatic rings. The molecule has 1 aromatic carbocycles. The van der Waals surface area contributed by atoms with Crippen LogP contribution in [0.25, 0.3) is 31.9 Å². The number of aromatic nitrogens is 6. The highest BCUT2D eigenvalue weighted by Crippen LogP contribution is 2.39. The minimum Gasteiger partial charge on any atom is -0.396 e. The molecule has 0 spiro atoms. The Balaban J connectivity index is 1.34. The number of thiazole rings is 1. The van der Waals surface area contributed by atoms with Gasteiger partial charge in [-0.15, -0.1) is 11.3 Å². The molecule has 44 heavy (non-hydrogen) atoms. The molecule has 1 saturated carbocycles. The lowest BCUT2D eigenvalue weighted by Gasteiger charge is -2.22. The zero-order valence-corrected chi connectivity index (χ0v) is 26.1. The third-order valence-electron chi connectivity index (χ3n) is 8.33. The van der Waals surface area contributed by atoms with Crippen LogP contribution in [0.15, 0.2) is 48.9 Å². The number of nitrogens with zero attached hydrogens (tertiary/aromatic N) is 6. The molecule has 0 radical (unpaired) electrons. The molecule has 1 aliphatic carbocycles. The van der Waals surface area contributed by atoms with E-state index in [1.165, 1.54) is 0 Å². The molecular formula is C32H38N8O3S. The minimum atomic E-state index is -1.06. The number of hydrogen-bond donors (Lipinski definition) is 5. The quantitative estimate of drug-likeness (QED) is 0.152. The van der Waals surface area contributed by atoms with E-state index in [0.717, 1.165) is 61.7 Å². The topological polar surface area (TPSA) is 154 Å². The lowest BCUT2D eigenvalue weighted by atomic mass is 10.0. The predicted octanol–water partition coefficient (Wildman–Crippen LogP) is 4.50. The summed E-state index contributed by atoms with van der Waals surface area (Å²) in [5.41, 5.74) is 6.51. The van der Waals surface area contributed by atoms with E-state index in [0.29, 0.717) is 18.2 Å². The summed E-state index contributed by atoms with van der Waals surface area (Å²) in [6, 6.07) is 9.67. The van der Waals surface area contributed by atoms with E-state index in [1.807, 2.05) is 38.6 Å². The summed E-state index contributed by atoms with van der Waals surface area (Å²) >= 11 is 1.55. The van der Waals surface area contributed by atoms with Crippen LogP contribution in [0.3, 0.4) is 0 Å². The molecule has 0 saturated heterocycles. The Morgan fingerprint density at radius 3 is 2.55 bits per heavy atom. The lowest BCUT2D eigenvalue weighted by molar-refractivity contribution is 0.00446. The van der Waals surface area contributed by atoms with Crippen molar-refractivity contribution in [3.05, 3.63) is 65.9 Å². The van der Waals surface area contributed by atoms with Crippen LogP contribution in [0.1, 0.15) is 49.7 Å². The number of fused-ring (bicyclic) bond motifs is 1. The van der Waals surface area contributed by atoms with E-state index in [9.17, 15) is 15.3 Å². The smallest absolute Gasteiger partial charge is 0.225 e. The Bertz CT molecular complexity index is 1750. The fourth-order valence-electron chi connectivity index (χ4n) is 5.87.